The molecule has 0 fully saturated rings. The lowest BCUT2D eigenvalue weighted by Crippen LogP contribution is -2.44. The smallest absolute Gasteiger partial charge is 0.0791 e. The molecule has 0 aliphatic carbocycles. The number of aliphatic hydroxyl groups is 1. The number of nitrogens with one attached hydrogen (secondary N) is 2. The Labute approximate surface area is 160 Å². The third kappa shape index (κ3) is 6.94. The quantitative estimate of drug-likeness (QED) is 0.592. The maximum Gasteiger partial charge on any atom is 0.0791 e. The molecule has 27 heavy (non-hydrogen) atoms. The largest absolute Gasteiger partial charge is 0.390 e. The first-order valence-corrected chi connectivity index (χ1v) is 9.30. The molecule has 2 atom stereocenters. The number of nitrogens with zero attached hydrogens (tertiary/aromatic N) is 3. The van der Waals surface area contributed by atoms with Crippen molar-refractivity contribution in [1.82, 2.24) is 25.5 Å². The standard InChI is InChI=1S/C21H27N5O/c27-21(14-22-13-18-7-1-4-10-23-18)17-26(15-19-8-2-5-11-24-19)16-20-9-3-6-12-25-20/h1-12,19,21-22,24,27H,13-17H2. The van der Waals surface area contributed by atoms with Gasteiger partial charge in [-0.25, -0.2) is 0 Å². The highest BCUT2D eigenvalue weighted by Gasteiger charge is 2.16. The molecule has 2 aromatic heterocycles. The van der Waals surface area contributed by atoms with Crippen LogP contribution >= 0.6 is 0 Å². The van der Waals surface area contributed by atoms with Gasteiger partial charge in [-0.05, 0) is 36.5 Å². The van der Waals surface area contributed by atoms with E-state index in [1.54, 1.807) is 12.4 Å². The van der Waals surface area contributed by atoms with Gasteiger partial charge in [0.05, 0.1) is 23.5 Å². The summed E-state index contributed by atoms with van der Waals surface area (Å²) in [5.74, 6) is 0. The van der Waals surface area contributed by atoms with Crippen molar-refractivity contribution in [2.45, 2.75) is 25.2 Å². The highest BCUT2D eigenvalue weighted by Crippen LogP contribution is 2.06. The summed E-state index contributed by atoms with van der Waals surface area (Å²) in [6.45, 7) is 3.24. The molecule has 2 aromatic rings. The van der Waals surface area contributed by atoms with Crippen molar-refractivity contribution in [3.63, 3.8) is 0 Å². The van der Waals surface area contributed by atoms with Gasteiger partial charge in [-0.2, -0.15) is 0 Å². The molecule has 0 saturated carbocycles. The molecule has 0 amide bonds. The Morgan fingerprint density at radius 3 is 2.52 bits per heavy atom. The lowest BCUT2D eigenvalue weighted by molar-refractivity contribution is 0.104. The second kappa shape index (κ2) is 10.6. The van der Waals surface area contributed by atoms with Gasteiger partial charge in [0.2, 0.25) is 0 Å². The van der Waals surface area contributed by atoms with E-state index in [1.165, 1.54) is 0 Å². The predicted molar refractivity (Wildman–Crippen MR) is 107 cm³/mol. The zero-order valence-electron chi connectivity index (χ0n) is 15.4. The van der Waals surface area contributed by atoms with Crippen LogP contribution in [-0.2, 0) is 13.1 Å². The fraction of sp³-hybridized carbons (Fsp3) is 0.333. The first-order chi connectivity index (χ1) is 13.3. The lowest BCUT2D eigenvalue weighted by Gasteiger charge is -2.29. The van der Waals surface area contributed by atoms with Gasteiger partial charge < -0.3 is 15.7 Å². The Bertz CT molecular complexity index is 720. The number of allylic oxidation sites excluding steroid dienone is 2. The monoisotopic (exact) mass is 365 g/mol. The average Bonchev–Trinajstić information content (AvgIpc) is 2.70. The molecular weight excluding hydrogens is 338 g/mol. The molecule has 3 rings (SSSR count). The highest BCUT2D eigenvalue weighted by atomic mass is 16.3. The molecule has 0 saturated heterocycles. The average molecular weight is 365 g/mol. The highest BCUT2D eigenvalue weighted by molar-refractivity contribution is 5.13. The molecule has 0 radical (unpaired) electrons. The van der Waals surface area contributed by atoms with E-state index < -0.39 is 6.10 Å². The topological polar surface area (TPSA) is 73.3 Å². The molecule has 1 aliphatic heterocycles. The van der Waals surface area contributed by atoms with Crippen LogP contribution in [0.5, 0.6) is 0 Å². The second-order valence-electron chi connectivity index (χ2n) is 6.64. The van der Waals surface area contributed by atoms with Gasteiger partial charge in [-0.3, -0.25) is 14.9 Å². The van der Waals surface area contributed by atoms with Crippen molar-refractivity contribution in [3.05, 3.63) is 84.6 Å². The van der Waals surface area contributed by atoms with Crippen molar-refractivity contribution in [3.8, 4) is 0 Å². The normalized spacial score (nSPS) is 17.0. The van der Waals surface area contributed by atoms with Crippen LogP contribution in [0.4, 0.5) is 0 Å². The molecular formula is C21H27N5O. The second-order valence-corrected chi connectivity index (χ2v) is 6.64. The summed E-state index contributed by atoms with van der Waals surface area (Å²) >= 11 is 0. The van der Waals surface area contributed by atoms with E-state index >= 15 is 0 Å². The SMILES string of the molecule is OC(CNCc1ccccn1)CN(Cc1ccccn1)CC1C=CC=CN1. The number of rotatable bonds is 10. The van der Waals surface area contributed by atoms with Crippen LogP contribution in [0.15, 0.2) is 73.2 Å². The first kappa shape index (κ1) is 19.2. The molecule has 3 heterocycles. The van der Waals surface area contributed by atoms with Crippen molar-refractivity contribution >= 4 is 0 Å². The Hall–Kier alpha value is -2.54. The van der Waals surface area contributed by atoms with Crippen LogP contribution in [0.25, 0.3) is 0 Å². The van der Waals surface area contributed by atoms with Crippen LogP contribution in [0.3, 0.4) is 0 Å². The number of aliphatic hydroxyl groups excluding tert-OH is 1. The summed E-state index contributed by atoms with van der Waals surface area (Å²) in [7, 11) is 0. The Balaban J connectivity index is 1.51. The maximum atomic E-state index is 10.5. The fourth-order valence-electron chi connectivity index (χ4n) is 3.04. The van der Waals surface area contributed by atoms with Crippen LogP contribution < -0.4 is 10.6 Å². The van der Waals surface area contributed by atoms with Gasteiger partial charge in [-0.1, -0.05) is 24.3 Å². The Morgan fingerprint density at radius 1 is 1.07 bits per heavy atom. The molecule has 3 N–H and O–H groups in total. The van der Waals surface area contributed by atoms with E-state index in [9.17, 15) is 5.11 Å². The first-order valence-electron chi connectivity index (χ1n) is 9.30. The Morgan fingerprint density at radius 2 is 1.85 bits per heavy atom. The fourth-order valence-corrected chi connectivity index (χ4v) is 3.04. The van der Waals surface area contributed by atoms with E-state index in [1.807, 2.05) is 54.8 Å². The third-order valence-corrected chi connectivity index (χ3v) is 4.31. The maximum absolute atomic E-state index is 10.5. The predicted octanol–water partition coefficient (Wildman–Crippen LogP) is 1.47. The zero-order valence-corrected chi connectivity index (χ0v) is 15.4. The zero-order chi connectivity index (χ0) is 18.7. The number of pyridine rings is 2. The van der Waals surface area contributed by atoms with Gasteiger partial charge in [0, 0.05) is 45.1 Å². The summed E-state index contributed by atoms with van der Waals surface area (Å²) in [6, 6.07) is 12.0. The Kier molecular flexibility index (Phi) is 7.53. The third-order valence-electron chi connectivity index (χ3n) is 4.31. The molecule has 0 aromatic carbocycles. The van der Waals surface area contributed by atoms with E-state index in [2.05, 4.69) is 31.6 Å². The van der Waals surface area contributed by atoms with E-state index in [-0.39, 0.29) is 6.04 Å². The van der Waals surface area contributed by atoms with Crippen LogP contribution in [-0.4, -0.2) is 51.8 Å². The number of aromatic nitrogens is 2. The van der Waals surface area contributed by atoms with E-state index in [0.717, 1.165) is 17.9 Å². The minimum absolute atomic E-state index is 0.229. The molecule has 1 aliphatic rings. The molecule has 0 bridgehead atoms. The van der Waals surface area contributed by atoms with Crippen LogP contribution in [0.2, 0.25) is 0 Å². The molecule has 2 unspecified atom stereocenters. The van der Waals surface area contributed by atoms with Crippen molar-refractivity contribution in [2.24, 2.45) is 0 Å². The van der Waals surface area contributed by atoms with Gasteiger partial charge in [-0.15, -0.1) is 0 Å². The van der Waals surface area contributed by atoms with Crippen LogP contribution in [0.1, 0.15) is 11.4 Å². The number of hydrogen-bond donors (Lipinski definition) is 3. The molecule has 0 spiro atoms. The van der Waals surface area contributed by atoms with Crippen LogP contribution in [0, 0.1) is 0 Å². The minimum atomic E-state index is -0.472. The summed E-state index contributed by atoms with van der Waals surface area (Å²) in [5.41, 5.74) is 1.97. The summed E-state index contributed by atoms with van der Waals surface area (Å²) in [6.07, 6.45) is 11.2. The van der Waals surface area contributed by atoms with Gasteiger partial charge in [0.15, 0.2) is 0 Å². The number of dihydropyridines is 1. The van der Waals surface area contributed by atoms with Gasteiger partial charge >= 0.3 is 0 Å². The van der Waals surface area contributed by atoms with E-state index in [0.29, 0.717) is 26.2 Å². The minimum Gasteiger partial charge on any atom is -0.390 e. The van der Waals surface area contributed by atoms with E-state index in [4.69, 9.17) is 0 Å². The molecule has 142 valence electrons. The summed E-state index contributed by atoms with van der Waals surface area (Å²) in [4.78, 5) is 10.9. The van der Waals surface area contributed by atoms with Crippen molar-refractivity contribution in [1.29, 1.82) is 0 Å². The molecule has 6 heteroatoms. The van der Waals surface area contributed by atoms with Crippen molar-refractivity contribution < 1.29 is 5.11 Å². The molecule has 6 nitrogen and oxygen atoms in total. The summed E-state index contributed by atoms with van der Waals surface area (Å²) < 4.78 is 0. The van der Waals surface area contributed by atoms with Gasteiger partial charge in [0.1, 0.15) is 0 Å². The lowest BCUT2D eigenvalue weighted by atomic mass is 10.2. The summed E-state index contributed by atoms with van der Waals surface area (Å²) in [5, 5.41) is 17.1. The van der Waals surface area contributed by atoms with Gasteiger partial charge in [0.25, 0.3) is 0 Å². The number of hydrogen-bond acceptors (Lipinski definition) is 6. The van der Waals surface area contributed by atoms with Crippen molar-refractivity contribution in [2.75, 3.05) is 19.6 Å².